The van der Waals surface area contributed by atoms with Crippen molar-refractivity contribution < 1.29 is 18.4 Å². The lowest BCUT2D eigenvalue weighted by atomic mass is 10.1. The molecule has 0 saturated carbocycles. The number of rotatable bonds is 8. The summed E-state index contributed by atoms with van der Waals surface area (Å²) in [5.41, 5.74) is 2.82. The number of thioether (sulfide) groups is 1. The monoisotopic (exact) mass is 558 g/mol. The highest BCUT2D eigenvalue weighted by Gasteiger charge is 2.23. The molecule has 0 aliphatic carbocycles. The summed E-state index contributed by atoms with van der Waals surface area (Å²) in [5.74, 6) is 1.72. The van der Waals surface area contributed by atoms with Crippen LogP contribution in [0, 0.1) is 0 Å². The molecule has 3 aromatic heterocycles. The summed E-state index contributed by atoms with van der Waals surface area (Å²) in [6, 6.07) is 22.6. The van der Waals surface area contributed by atoms with Crippen molar-refractivity contribution in [3.63, 3.8) is 0 Å². The number of halogens is 1. The summed E-state index contributed by atoms with van der Waals surface area (Å²) >= 11 is 7.39. The number of benzene rings is 3. The number of amides is 1. The quantitative estimate of drug-likeness (QED) is 0.196. The molecule has 3 aromatic carbocycles. The molecule has 1 atom stereocenters. The van der Waals surface area contributed by atoms with Gasteiger partial charge in [0.05, 0.1) is 30.9 Å². The molecule has 6 rings (SSSR count). The van der Waals surface area contributed by atoms with Crippen molar-refractivity contribution in [1.29, 1.82) is 0 Å². The van der Waals surface area contributed by atoms with Crippen molar-refractivity contribution in [3.05, 3.63) is 89.8 Å². The number of hydrogen-bond acceptors (Lipinski definition) is 7. The van der Waals surface area contributed by atoms with Gasteiger partial charge < -0.3 is 18.9 Å². The Labute approximate surface area is 232 Å². The third-order valence-electron chi connectivity index (χ3n) is 6.32. The molecule has 39 heavy (non-hydrogen) atoms. The van der Waals surface area contributed by atoms with E-state index >= 15 is 0 Å². The second kappa shape index (κ2) is 10.5. The predicted octanol–water partition coefficient (Wildman–Crippen LogP) is 7.27. The number of carbonyl (C=O) groups is 1. The Bertz CT molecular complexity index is 1780. The molecule has 8 nitrogen and oxygen atoms in total. The summed E-state index contributed by atoms with van der Waals surface area (Å²) in [5, 5.41) is 14.4. The average molecular weight is 559 g/mol. The zero-order valence-corrected chi connectivity index (χ0v) is 22.6. The second-order valence-electron chi connectivity index (χ2n) is 8.87. The first-order valence-electron chi connectivity index (χ1n) is 12.2. The fourth-order valence-electron chi connectivity index (χ4n) is 4.35. The zero-order valence-electron chi connectivity index (χ0n) is 21.1. The highest BCUT2D eigenvalue weighted by Crippen LogP contribution is 2.37. The van der Waals surface area contributed by atoms with E-state index in [1.807, 2.05) is 66.1 Å². The number of aromatic nitrogens is 3. The molecular formula is C29H23ClN4O4S. The number of fused-ring (bicyclic) bond motifs is 3. The van der Waals surface area contributed by atoms with Gasteiger partial charge in [-0.25, -0.2) is 0 Å². The molecule has 1 N–H and O–H groups in total. The van der Waals surface area contributed by atoms with Gasteiger partial charge in [0.1, 0.15) is 22.7 Å². The molecule has 0 saturated heterocycles. The fraction of sp³-hybridized carbons (Fsp3) is 0.138. The van der Waals surface area contributed by atoms with E-state index in [9.17, 15) is 4.79 Å². The van der Waals surface area contributed by atoms with Crippen molar-refractivity contribution >= 4 is 56.9 Å². The number of anilines is 1. The lowest BCUT2D eigenvalue weighted by molar-refractivity contribution is -0.115. The van der Waals surface area contributed by atoms with Crippen LogP contribution in [0.15, 0.2) is 93.1 Å². The van der Waals surface area contributed by atoms with E-state index in [0.29, 0.717) is 39.6 Å². The van der Waals surface area contributed by atoms with Crippen LogP contribution < -0.4 is 10.1 Å². The first-order chi connectivity index (χ1) is 19.0. The fourth-order valence-corrected chi connectivity index (χ4v) is 5.33. The van der Waals surface area contributed by atoms with Gasteiger partial charge in [0, 0.05) is 27.4 Å². The minimum absolute atomic E-state index is 0.214. The molecular weight excluding hydrogens is 536 g/mol. The van der Waals surface area contributed by atoms with Crippen LogP contribution in [-0.2, 0) is 11.3 Å². The lowest BCUT2D eigenvalue weighted by Gasteiger charge is -2.15. The van der Waals surface area contributed by atoms with Crippen molar-refractivity contribution in [2.24, 2.45) is 0 Å². The Balaban J connectivity index is 1.27. The maximum Gasteiger partial charge on any atom is 0.237 e. The Kier molecular flexibility index (Phi) is 6.76. The third-order valence-corrected chi connectivity index (χ3v) is 7.65. The largest absolute Gasteiger partial charge is 0.495 e. The number of carbonyl (C=O) groups excluding carboxylic acids is 1. The van der Waals surface area contributed by atoms with Gasteiger partial charge in [0.2, 0.25) is 5.91 Å². The van der Waals surface area contributed by atoms with Crippen LogP contribution in [0.4, 0.5) is 5.69 Å². The van der Waals surface area contributed by atoms with E-state index < -0.39 is 5.25 Å². The summed E-state index contributed by atoms with van der Waals surface area (Å²) in [7, 11) is 1.58. The topological polar surface area (TPSA) is 95.3 Å². The number of ether oxygens (including phenoxy) is 1. The van der Waals surface area contributed by atoms with Gasteiger partial charge in [-0.3, -0.25) is 9.36 Å². The normalized spacial score (nSPS) is 12.2. The Morgan fingerprint density at radius 3 is 2.64 bits per heavy atom. The maximum atomic E-state index is 13.3. The minimum atomic E-state index is -0.501. The SMILES string of the molecule is COc1cc2c(cc1NC(=O)C(C)Sc1nnc(-c3ccc(Cl)cc3)n1Cc1ccco1)oc1ccccc12. The Morgan fingerprint density at radius 2 is 1.87 bits per heavy atom. The van der Waals surface area contributed by atoms with Crippen molar-refractivity contribution in [2.45, 2.75) is 23.9 Å². The lowest BCUT2D eigenvalue weighted by Crippen LogP contribution is -2.23. The zero-order chi connectivity index (χ0) is 26.9. The predicted molar refractivity (Wildman–Crippen MR) is 152 cm³/mol. The first-order valence-corrected chi connectivity index (χ1v) is 13.4. The molecule has 3 heterocycles. The molecule has 1 unspecified atom stereocenters. The first kappa shape index (κ1) is 25.1. The third kappa shape index (κ3) is 4.98. The van der Waals surface area contributed by atoms with Gasteiger partial charge in [0.15, 0.2) is 11.0 Å². The van der Waals surface area contributed by atoms with Gasteiger partial charge in [-0.1, -0.05) is 41.6 Å². The smallest absolute Gasteiger partial charge is 0.237 e. The van der Waals surface area contributed by atoms with Crippen LogP contribution in [0.3, 0.4) is 0 Å². The van der Waals surface area contributed by atoms with Gasteiger partial charge in [-0.15, -0.1) is 10.2 Å². The highest BCUT2D eigenvalue weighted by molar-refractivity contribution is 8.00. The van der Waals surface area contributed by atoms with Gasteiger partial charge in [0.25, 0.3) is 0 Å². The summed E-state index contributed by atoms with van der Waals surface area (Å²) < 4.78 is 19.1. The van der Waals surface area contributed by atoms with Gasteiger partial charge in [-0.05, 0) is 55.5 Å². The van der Waals surface area contributed by atoms with E-state index in [1.165, 1.54) is 11.8 Å². The molecule has 6 aromatic rings. The highest BCUT2D eigenvalue weighted by atomic mass is 35.5. The molecule has 0 radical (unpaired) electrons. The second-order valence-corrected chi connectivity index (χ2v) is 10.6. The number of nitrogens with zero attached hydrogens (tertiary/aromatic N) is 3. The molecule has 10 heteroatoms. The number of furan rings is 2. The van der Waals surface area contributed by atoms with Crippen LogP contribution in [-0.4, -0.2) is 33.0 Å². The molecule has 196 valence electrons. The van der Waals surface area contributed by atoms with E-state index in [0.717, 1.165) is 27.7 Å². The maximum absolute atomic E-state index is 13.3. The van der Waals surface area contributed by atoms with Crippen LogP contribution in [0.1, 0.15) is 12.7 Å². The van der Waals surface area contributed by atoms with E-state index in [-0.39, 0.29) is 5.91 Å². The Morgan fingerprint density at radius 1 is 1.05 bits per heavy atom. The number of para-hydroxylation sites is 1. The van der Waals surface area contributed by atoms with Crippen molar-refractivity contribution in [2.75, 3.05) is 12.4 Å². The number of hydrogen-bond donors (Lipinski definition) is 1. The molecule has 0 fully saturated rings. The number of methoxy groups -OCH3 is 1. The molecule has 0 aliphatic heterocycles. The molecule has 1 amide bonds. The van der Waals surface area contributed by atoms with E-state index in [4.69, 9.17) is 25.2 Å². The van der Waals surface area contributed by atoms with E-state index in [1.54, 1.807) is 31.6 Å². The van der Waals surface area contributed by atoms with Crippen LogP contribution in [0.25, 0.3) is 33.3 Å². The van der Waals surface area contributed by atoms with Gasteiger partial charge >= 0.3 is 0 Å². The van der Waals surface area contributed by atoms with E-state index in [2.05, 4.69) is 15.5 Å². The summed E-state index contributed by atoms with van der Waals surface area (Å²) in [4.78, 5) is 13.3. The number of nitrogens with one attached hydrogen (secondary N) is 1. The van der Waals surface area contributed by atoms with Crippen LogP contribution >= 0.6 is 23.4 Å². The van der Waals surface area contributed by atoms with Gasteiger partial charge in [-0.2, -0.15) is 0 Å². The van der Waals surface area contributed by atoms with Crippen LogP contribution in [0.2, 0.25) is 5.02 Å². The summed E-state index contributed by atoms with van der Waals surface area (Å²) in [6.07, 6.45) is 1.62. The molecule has 0 aliphatic rings. The molecule has 0 bridgehead atoms. The molecule has 0 spiro atoms. The standard InChI is InChI=1S/C29H23ClN4O4S/c1-17(28(35)31-23-15-25-22(14-26(23)36-2)21-7-3-4-8-24(21)38-25)39-29-33-32-27(18-9-11-19(30)12-10-18)34(29)16-20-6-5-13-37-20/h3-15,17H,16H2,1-2H3,(H,31,35). The average Bonchev–Trinajstić information content (AvgIpc) is 3.68. The van der Waals surface area contributed by atoms with Crippen LogP contribution in [0.5, 0.6) is 5.75 Å². The minimum Gasteiger partial charge on any atom is -0.495 e. The Hall–Kier alpha value is -4.21. The summed E-state index contributed by atoms with van der Waals surface area (Å²) in [6.45, 7) is 2.23. The van der Waals surface area contributed by atoms with Crippen molar-refractivity contribution in [1.82, 2.24) is 14.8 Å². The van der Waals surface area contributed by atoms with Crippen molar-refractivity contribution in [3.8, 4) is 17.1 Å².